The van der Waals surface area contributed by atoms with Crippen LogP contribution >= 0.6 is 0 Å². The average Bonchev–Trinajstić information content (AvgIpc) is 2.49. The number of hydrogen-bond acceptors (Lipinski definition) is 2. The lowest BCUT2D eigenvalue weighted by Gasteiger charge is -2.21. The van der Waals surface area contributed by atoms with E-state index in [1.54, 1.807) is 0 Å². The second kappa shape index (κ2) is 7.78. The molecule has 1 aliphatic rings. The monoisotopic (exact) mass is 256 g/mol. The van der Waals surface area contributed by atoms with Gasteiger partial charge in [0.1, 0.15) is 12.8 Å². The van der Waals surface area contributed by atoms with Crippen LogP contribution in [0.1, 0.15) is 55.6 Å². The number of benzene rings is 1. The Labute approximate surface area is 116 Å². The number of hydrogen-bond donors (Lipinski definition) is 0. The Morgan fingerprint density at radius 1 is 1.21 bits per heavy atom. The fourth-order valence-electron chi connectivity index (χ4n) is 2.53. The predicted octanol–water partition coefficient (Wildman–Crippen LogP) is 4.54. The van der Waals surface area contributed by atoms with Crippen LogP contribution in [0.2, 0.25) is 0 Å². The summed E-state index contributed by atoms with van der Waals surface area (Å²) < 4.78 is 0. The van der Waals surface area contributed by atoms with Crippen molar-refractivity contribution in [3.05, 3.63) is 48.0 Å². The molecule has 1 radical (unpaired) electrons. The summed E-state index contributed by atoms with van der Waals surface area (Å²) in [6, 6.07) is 8.56. The first-order chi connectivity index (χ1) is 9.40. The maximum Gasteiger partial charge on any atom is 0.139 e. The largest absolute Gasteiger partial charge is 0.395 e. The van der Waals surface area contributed by atoms with Gasteiger partial charge in [0.15, 0.2) is 0 Å². The quantitative estimate of drug-likeness (QED) is 0.317. The van der Waals surface area contributed by atoms with Crippen LogP contribution < -0.4 is 0 Å². The van der Waals surface area contributed by atoms with E-state index in [-0.39, 0.29) is 0 Å². The molecule has 0 bridgehead atoms. The van der Waals surface area contributed by atoms with Gasteiger partial charge in [0.2, 0.25) is 0 Å². The minimum Gasteiger partial charge on any atom is -0.395 e. The van der Waals surface area contributed by atoms with Crippen LogP contribution in [0.25, 0.3) is 0 Å². The van der Waals surface area contributed by atoms with Gasteiger partial charge in [-0.2, -0.15) is 0 Å². The molecule has 0 heterocycles. The minimum atomic E-state index is 0.566. The van der Waals surface area contributed by atoms with E-state index in [0.717, 1.165) is 17.9 Å². The highest BCUT2D eigenvalue weighted by atomic mass is 16.6. The zero-order chi connectivity index (χ0) is 13.3. The molecule has 0 saturated heterocycles. The van der Waals surface area contributed by atoms with Crippen molar-refractivity contribution in [2.24, 2.45) is 5.16 Å². The first-order valence-corrected chi connectivity index (χ1v) is 7.19. The molecule has 19 heavy (non-hydrogen) atoms. The van der Waals surface area contributed by atoms with Crippen LogP contribution in [-0.4, -0.2) is 12.8 Å². The maximum absolute atomic E-state index is 5.07. The number of nitrogens with zero attached hydrogens (tertiary/aromatic N) is 1. The van der Waals surface area contributed by atoms with Gasteiger partial charge < -0.3 is 4.84 Å². The van der Waals surface area contributed by atoms with E-state index in [4.69, 9.17) is 4.84 Å². The Balaban J connectivity index is 1.85. The molecule has 1 aromatic rings. The summed E-state index contributed by atoms with van der Waals surface area (Å²) in [4.78, 5) is 5.07. The van der Waals surface area contributed by atoms with Crippen LogP contribution in [0.15, 0.2) is 42.1 Å². The van der Waals surface area contributed by atoms with Crippen molar-refractivity contribution in [3.8, 4) is 0 Å². The van der Waals surface area contributed by atoms with Gasteiger partial charge in [-0.3, -0.25) is 0 Å². The number of rotatable bonds is 6. The highest BCUT2D eigenvalue weighted by Gasteiger charge is 2.14. The van der Waals surface area contributed by atoms with Gasteiger partial charge in [-0.1, -0.05) is 54.8 Å². The van der Waals surface area contributed by atoms with Gasteiger partial charge in [-0.05, 0) is 24.3 Å². The minimum absolute atomic E-state index is 0.566. The molecule has 0 spiro atoms. The van der Waals surface area contributed by atoms with Gasteiger partial charge >= 0.3 is 0 Å². The highest BCUT2D eigenvalue weighted by Crippen LogP contribution is 2.32. The molecule has 0 aliphatic heterocycles. The third kappa shape index (κ3) is 4.55. The predicted molar refractivity (Wildman–Crippen MR) is 79.6 cm³/mol. The van der Waals surface area contributed by atoms with Crippen molar-refractivity contribution in [3.63, 3.8) is 0 Å². The molecule has 1 aliphatic carbocycles. The Morgan fingerprint density at radius 2 is 1.95 bits per heavy atom. The SMILES string of the molecule is C=CCCON=[C]c1ccc(C2CCCCC2)cc1. The molecule has 0 unspecified atom stereocenters. The van der Waals surface area contributed by atoms with Crippen molar-refractivity contribution in [1.29, 1.82) is 0 Å². The fraction of sp³-hybridized carbons (Fsp3) is 0.471. The topological polar surface area (TPSA) is 21.6 Å². The normalized spacial score (nSPS) is 16.6. The van der Waals surface area contributed by atoms with E-state index in [2.05, 4.69) is 42.2 Å². The van der Waals surface area contributed by atoms with Crippen molar-refractivity contribution in [1.82, 2.24) is 0 Å². The molecule has 1 aromatic carbocycles. The Kier molecular flexibility index (Phi) is 5.67. The summed E-state index contributed by atoms with van der Waals surface area (Å²) in [5.74, 6) is 0.753. The summed E-state index contributed by atoms with van der Waals surface area (Å²) in [7, 11) is 0. The second-order valence-electron chi connectivity index (χ2n) is 5.07. The van der Waals surface area contributed by atoms with Gasteiger partial charge in [-0.25, -0.2) is 0 Å². The lowest BCUT2D eigenvalue weighted by Crippen LogP contribution is -2.04. The van der Waals surface area contributed by atoms with Crippen LogP contribution in [0.3, 0.4) is 0 Å². The molecule has 0 atom stereocenters. The van der Waals surface area contributed by atoms with E-state index in [9.17, 15) is 0 Å². The zero-order valence-corrected chi connectivity index (χ0v) is 11.5. The molecule has 2 heteroatoms. The van der Waals surface area contributed by atoms with E-state index < -0.39 is 0 Å². The van der Waals surface area contributed by atoms with Crippen molar-refractivity contribution >= 4 is 6.21 Å². The first kappa shape index (κ1) is 13.9. The average molecular weight is 256 g/mol. The van der Waals surface area contributed by atoms with E-state index >= 15 is 0 Å². The van der Waals surface area contributed by atoms with E-state index in [0.29, 0.717) is 6.61 Å². The van der Waals surface area contributed by atoms with Gasteiger partial charge in [0, 0.05) is 12.0 Å². The van der Waals surface area contributed by atoms with Gasteiger partial charge in [0.25, 0.3) is 0 Å². The van der Waals surface area contributed by atoms with Crippen LogP contribution in [-0.2, 0) is 4.84 Å². The molecule has 1 fully saturated rings. The Morgan fingerprint density at radius 3 is 2.63 bits per heavy atom. The van der Waals surface area contributed by atoms with Crippen molar-refractivity contribution in [2.75, 3.05) is 6.61 Å². The summed E-state index contributed by atoms with van der Waals surface area (Å²) in [6.45, 7) is 4.19. The summed E-state index contributed by atoms with van der Waals surface area (Å²) in [5.41, 5.74) is 2.43. The lowest BCUT2D eigenvalue weighted by molar-refractivity contribution is 0.151. The molecule has 0 N–H and O–H groups in total. The molecule has 101 valence electrons. The maximum atomic E-state index is 5.07. The molecule has 1 saturated carbocycles. The molecule has 0 amide bonds. The molecule has 2 rings (SSSR count). The summed E-state index contributed by atoms with van der Waals surface area (Å²) >= 11 is 0. The van der Waals surface area contributed by atoms with Crippen LogP contribution in [0, 0.1) is 0 Å². The van der Waals surface area contributed by atoms with Crippen LogP contribution in [0.5, 0.6) is 0 Å². The molecule has 2 nitrogen and oxygen atoms in total. The van der Waals surface area contributed by atoms with Gasteiger partial charge in [-0.15, -0.1) is 6.58 Å². The van der Waals surface area contributed by atoms with Crippen LogP contribution in [0.4, 0.5) is 0 Å². The lowest BCUT2D eigenvalue weighted by atomic mass is 9.84. The fourth-order valence-corrected chi connectivity index (χ4v) is 2.53. The smallest absolute Gasteiger partial charge is 0.139 e. The molecular weight excluding hydrogens is 234 g/mol. The first-order valence-electron chi connectivity index (χ1n) is 7.19. The summed E-state index contributed by atoms with van der Waals surface area (Å²) in [6.07, 6.45) is 12.3. The van der Waals surface area contributed by atoms with E-state index in [1.807, 2.05) is 6.08 Å². The van der Waals surface area contributed by atoms with Crippen molar-refractivity contribution < 1.29 is 4.84 Å². The zero-order valence-electron chi connectivity index (χ0n) is 11.5. The highest BCUT2D eigenvalue weighted by molar-refractivity contribution is 5.79. The Bertz CT molecular complexity index is 402. The molecule has 0 aromatic heterocycles. The third-order valence-corrected chi connectivity index (χ3v) is 3.64. The second-order valence-corrected chi connectivity index (χ2v) is 5.07. The molecular formula is C17H22NO. The van der Waals surface area contributed by atoms with Crippen molar-refractivity contribution in [2.45, 2.75) is 44.4 Å². The standard InChI is InChI=1S/C17H22NO/c1-2-3-13-19-18-14-15-9-11-17(12-10-15)16-7-5-4-6-8-16/h2,9-12,16H,1,3-8,13H2. The Hall–Kier alpha value is -1.57. The third-order valence-electron chi connectivity index (χ3n) is 3.64. The van der Waals surface area contributed by atoms with E-state index in [1.165, 1.54) is 37.7 Å². The summed E-state index contributed by atoms with van der Waals surface area (Å²) in [5, 5.41) is 3.82. The van der Waals surface area contributed by atoms with Gasteiger partial charge in [0.05, 0.1) is 0 Å².